The predicted octanol–water partition coefficient (Wildman–Crippen LogP) is 2.85. The highest BCUT2D eigenvalue weighted by molar-refractivity contribution is 5.73. The number of ether oxygens (including phenoxy) is 2. The van der Waals surface area contributed by atoms with Crippen molar-refractivity contribution in [1.29, 1.82) is 0 Å². The average Bonchev–Trinajstić information content (AvgIpc) is 2.68. The summed E-state index contributed by atoms with van der Waals surface area (Å²) in [4.78, 5) is 14.0. The fourth-order valence-electron chi connectivity index (χ4n) is 2.70. The second-order valence-electron chi connectivity index (χ2n) is 6.43. The number of methoxy groups -OCH3 is 2. The van der Waals surface area contributed by atoms with Gasteiger partial charge in [0.15, 0.2) is 11.5 Å². The Kier molecular flexibility index (Phi) is 7.79. The summed E-state index contributed by atoms with van der Waals surface area (Å²) in [5, 5.41) is 5.77. The second kappa shape index (κ2) is 10.3. The minimum atomic E-state index is -0.152. The zero-order valence-electron chi connectivity index (χ0n) is 16.5. The standard InChI is InChI=1S/C21H29N3O3/c1-24(2)18-8-5-16(6-9-18)11-13-22-21(25)23-14-12-17-7-10-19(26-3)20(15-17)27-4/h5-10,15H,11-14H2,1-4H3,(H2,22,23,25). The van der Waals surface area contributed by atoms with Crippen LogP contribution in [0.3, 0.4) is 0 Å². The predicted molar refractivity (Wildman–Crippen MR) is 109 cm³/mol. The lowest BCUT2D eigenvalue weighted by atomic mass is 10.1. The Hall–Kier alpha value is -2.89. The molecule has 6 heteroatoms. The number of benzene rings is 2. The van der Waals surface area contributed by atoms with Crippen molar-refractivity contribution in [1.82, 2.24) is 10.6 Å². The number of carbonyl (C=O) groups is 1. The van der Waals surface area contributed by atoms with E-state index in [0.29, 0.717) is 24.6 Å². The summed E-state index contributed by atoms with van der Waals surface area (Å²) in [6.45, 7) is 1.16. The molecule has 0 atom stereocenters. The largest absolute Gasteiger partial charge is 0.493 e. The molecule has 0 spiro atoms. The van der Waals surface area contributed by atoms with Gasteiger partial charge in [-0.1, -0.05) is 18.2 Å². The van der Waals surface area contributed by atoms with E-state index in [1.165, 1.54) is 11.3 Å². The fraction of sp³-hybridized carbons (Fsp3) is 0.381. The number of hydrogen-bond acceptors (Lipinski definition) is 4. The van der Waals surface area contributed by atoms with Gasteiger partial charge in [-0.05, 0) is 48.2 Å². The normalized spacial score (nSPS) is 10.2. The molecule has 0 fully saturated rings. The van der Waals surface area contributed by atoms with E-state index in [2.05, 4.69) is 39.8 Å². The number of nitrogens with zero attached hydrogens (tertiary/aromatic N) is 1. The molecule has 2 amide bonds. The first-order valence-electron chi connectivity index (χ1n) is 9.02. The molecule has 0 bridgehead atoms. The molecule has 0 saturated carbocycles. The van der Waals surface area contributed by atoms with Gasteiger partial charge < -0.3 is 25.0 Å². The average molecular weight is 371 g/mol. The zero-order chi connectivity index (χ0) is 19.6. The number of rotatable bonds is 9. The first-order valence-corrected chi connectivity index (χ1v) is 9.02. The summed E-state index contributed by atoms with van der Waals surface area (Å²) in [6.07, 6.45) is 1.52. The lowest BCUT2D eigenvalue weighted by Gasteiger charge is -2.13. The third kappa shape index (κ3) is 6.40. The van der Waals surface area contributed by atoms with Gasteiger partial charge in [-0.15, -0.1) is 0 Å². The quantitative estimate of drug-likeness (QED) is 0.712. The monoisotopic (exact) mass is 371 g/mol. The summed E-state index contributed by atoms with van der Waals surface area (Å²) < 4.78 is 10.5. The maximum absolute atomic E-state index is 11.9. The third-order valence-corrected chi connectivity index (χ3v) is 4.30. The van der Waals surface area contributed by atoms with Crippen molar-refractivity contribution >= 4 is 11.7 Å². The Bertz CT molecular complexity index is 730. The molecule has 2 aromatic carbocycles. The van der Waals surface area contributed by atoms with E-state index in [9.17, 15) is 4.79 Å². The van der Waals surface area contributed by atoms with Gasteiger partial charge in [0.1, 0.15) is 0 Å². The molecule has 0 aliphatic rings. The zero-order valence-corrected chi connectivity index (χ0v) is 16.5. The van der Waals surface area contributed by atoms with Crippen LogP contribution in [0.2, 0.25) is 0 Å². The molecule has 0 saturated heterocycles. The van der Waals surface area contributed by atoms with Crippen LogP contribution < -0.4 is 25.0 Å². The summed E-state index contributed by atoms with van der Waals surface area (Å²) in [5.41, 5.74) is 3.44. The molecule has 2 N–H and O–H groups in total. The molecule has 146 valence electrons. The lowest BCUT2D eigenvalue weighted by Crippen LogP contribution is -2.37. The molecular weight excluding hydrogens is 342 g/mol. The van der Waals surface area contributed by atoms with Crippen molar-refractivity contribution in [3.8, 4) is 11.5 Å². The van der Waals surface area contributed by atoms with Crippen LogP contribution in [0.15, 0.2) is 42.5 Å². The minimum Gasteiger partial charge on any atom is -0.493 e. The Morgan fingerprint density at radius 2 is 1.41 bits per heavy atom. The molecule has 0 aliphatic heterocycles. The Balaban J connectivity index is 1.69. The Labute approximate surface area is 161 Å². The van der Waals surface area contributed by atoms with Gasteiger partial charge in [0.25, 0.3) is 0 Å². The van der Waals surface area contributed by atoms with Gasteiger partial charge in [0.05, 0.1) is 14.2 Å². The van der Waals surface area contributed by atoms with Gasteiger partial charge >= 0.3 is 6.03 Å². The van der Waals surface area contributed by atoms with Crippen molar-refractivity contribution in [3.05, 3.63) is 53.6 Å². The number of anilines is 1. The minimum absolute atomic E-state index is 0.152. The first kappa shape index (κ1) is 20.4. The highest BCUT2D eigenvalue weighted by Crippen LogP contribution is 2.27. The van der Waals surface area contributed by atoms with Crippen LogP contribution >= 0.6 is 0 Å². The van der Waals surface area contributed by atoms with Crippen molar-refractivity contribution < 1.29 is 14.3 Å². The van der Waals surface area contributed by atoms with Crippen LogP contribution in [0.1, 0.15) is 11.1 Å². The van der Waals surface area contributed by atoms with Crippen LogP contribution in [0.25, 0.3) is 0 Å². The molecular formula is C21H29N3O3. The third-order valence-electron chi connectivity index (χ3n) is 4.30. The van der Waals surface area contributed by atoms with E-state index in [0.717, 1.165) is 18.4 Å². The second-order valence-corrected chi connectivity index (χ2v) is 6.43. The van der Waals surface area contributed by atoms with E-state index in [4.69, 9.17) is 9.47 Å². The molecule has 2 aromatic rings. The highest BCUT2D eigenvalue weighted by atomic mass is 16.5. The SMILES string of the molecule is COc1ccc(CCNC(=O)NCCc2ccc(N(C)C)cc2)cc1OC. The number of urea groups is 1. The highest BCUT2D eigenvalue weighted by Gasteiger charge is 2.05. The molecule has 0 aliphatic carbocycles. The number of nitrogens with one attached hydrogen (secondary N) is 2. The topological polar surface area (TPSA) is 62.8 Å². The summed E-state index contributed by atoms with van der Waals surface area (Å²) >= 11 is 0. The molecule has 27 heavy (non-hydrogen) atoms. The molecule has 0 heterocycles. The van der Waals surface area contributed by atoms with E-state index in [1.54, 1.807) is 14.2 Å². The van der Waals surface area contributed by atoms with Crippen molar-refractivity contribution in [2.45, 2.75) is 12.8 Å². The van der Waals surface area contributed by atoms with Crippen LogP contribution in [0.4, 0.5) is 10.5 Å². The van der Waals surface area contributed by atoms with E-state index >= 15 is 0 Å². The first-order chi connectivity index (χ1) is 13.0. The number of hydrogen-bond donors (Lipinski definition) is 2. The van der Waals surface area contributed by atoms with E-state index in [-0.39, 0.29) is 6.03 Å². The summed E-state index contributed by atoms with van der Waals surface area (Å²) in [6, 6.07) is 14.0. The Morgan fingerprint density at radius 3 is 1.96 bits per heavy atom. The molecule has 6 nitrogen and oxygen atoms in total. The maximum atomic E-state index is 11.9. The molecule has 0 aromatic heterocycles. The van der Waals surface area contributed by atoms with Gasteiger partial charge in [-0.3, -0.25) is 0 Å². The smallest absolute Gasteiger partial charge is 0.314 e. The van der Waals surface area contributed by atoms with Crippen molar-refractivity contribution in [2.24, 2.45) is 0 Å². The van der Waals surface area contributed by atoms with Gasteiger partial charge in [-0.2, -0.15) is 0 Å². The van der Waals surface area contributed by atoms with E-state index < -0.39 is 0 Å². The number of amides is 2. The van der Waals surface area contributed by atoms with Gasteiger partial charge in [0.2, 0.25) is 0 Å². The Morgan fingerprint density at radius 1 is 0.852 bits per heavy atom. The van der Waals surface area contributed by atoms with Gasteiger partial charge in [-0.25, -0.2) is 4.79 Å². The van der Waals surface area contributed by atoms with Crippen LogP contribution in [0, 0.1) is 0 Å². The van der Waals surface area contributed by atoms with Crippen LogP contribution in [-0.4, -0.2) is 47.4 Å². The number of carbonyl (C=O) groups excluding carboxylic acids is 1. The summed E-state index contributed by atoms with van der Waals surface area (Å²) in [7, 11) is 7.26. The maximum Gasteiger partial charge on any atom is 0.314 e. The summed E-state index contributed by atoms with van der Waals surface area (Å²) in [5.74, 6) is 1.39. The van der Waals surface area contributed by atoms with Crippen molar-refractivity contribution in [2.75, 3.05) is 46.3 Å². The van der Waals surface area contributed by atoms with Crippen LogP contribution in [0.5, 0.6) is 11.5 Å². The molecule has 0 unspecified atom stereocenters. The fourth-order valence-corrected chi connectivity index (χ4v) is 2.70. The lowest BCUT2D eigenvalue weighted by molar-refractivity contribution is 0.241. The van der Waals surface area contributed by atoms with Gasteiger partial charge in [0, 0.05) is 32.9 Å². The van der Waals surface area contributed by atoms with E-state index in [1.807, 2.05) is 32.3 Å². The van der Waals surface area contributed by atoms with Crippen LogP contribution in [-0.2, 0) is 12.8 Å². The van der Waals surface area contributed by atoms with Crippen molar-refractivity contribution in [3.63, 3.8) is 0 Å². The molecule has 2 rings (SSSR count). The molecule has 0 radical (unpaired) electrons.